The maximum absolute atomic E-state index is 9.55. The topological polar surface area (TPSA) is 72.0 Å². The van der Waals surface area contributed by atoms with E-state index in [2.05, 4.69) is 81.7 Å². The Bertz CT molecular complexity index is 1100. The van der Waals surface area contributed by atoms with Crippen molar-refractivity contribution in [3.63, 3.8) is 0 Å². The standard InChI is InChI=1S/C25H28O2.C5H11NO.C4H9NO/c1-24(2,20-10-14-22(26)15-11-20)18-6-8-19(9-7-18)25(3,4)21-12-16-23(27-5)17-13-21;1-5-4-6-2-3-7-5;1-3-6-4-2-5-1/h6-17,26H,1-5H3;5-6H,2-4H2,1H3;5H,1-4H2/t;5-;/m.1./s1. The molecule has 5 rings (SSSR count). The predicted molar refractivity (Wildman–Crippen MR) is 164 cm³/mol. The third kappa shape index (κ3) is 9.07. The fraction of sp³-hybridized carbons (Fsp3) is 0.471. The summed E-state index contributed by atoms with van der Waals surface area (Å²) in [7, 11) is 1.69. The van der Waals surface area contributed by atoms with Gasteiger partial charge in [-0.05, 0) is 53.4 Å². The smallest absolute Gasteiger partial charge is 0.118 e. The zero-order valence-corrected chi connectivity index (χ0v) is 25.1. The number of nitrogens with one attached hydrogen (secondary N) is 2. The minimum absolute atomic E-state index is 0.0898. The number of ether oxygens (including phenoxy) is 3. The molecule has 3 aromatic carbocycles. The van der Waals surface area contributed by atoms with E-state index in [1.165, 1.54) is 22.3 Å². The van der Waals surface area contributed by atoms with Crippen molar-refractivity contribution in [3.8, 4) is 11.5 Å². The van der Waals surface area contributed by atoms with Gasteiger partial charge >= 0.3 is 0 Å². The molecule has 0 spiro atoms. The minimum atomic E-state index is -0.128. The molecule has 40 heavy (non-hydrogen) atoms. The summed E-state index contributed by atoms with van der Waals surface area (Å²) in [4.78, 5) is 0. The number of benzene rings is 3. The third-order valence-corrected chi connectivity index (χ3v) is 7.69. The molecule has 2 aliphatic heterocycles. The first-order valence-electron chi connectivity index (χ1n) is 14.3. The van der Waals surface area contributed by atoms with Crippen LogP contribution in [0.4, 0.5) is 0 Å². The highest BCUT2D eigenvalue weighted by Gasteiger charge is 2.26. The monoisotopic (exact) mass is 548 g/mol. The number of morpholine rings is 2. The first-order chi connectivity index (χ1) is 19.1. The van der Waals surface area contributed by atoms with Crippen LogP contribution in [-0.2, 0) is 20.3 Å². The van der Waals surface area contributed by atoms with Gasteiger partial charge in [0.05, 0.1) is 33.0 Å². The Morgan fingerprint density at radius 1 is 0.675 bits per heavy atom. The van der Waals surface area contributed by atoms with Crippen molar-refractivity contribution < 1.29 is 19.3 Å². The van der Waals surface area contributed by atoms with Crippen molar-refractivity contribution in [3.05, 3.63) is 95.1 Å². The predicted octanol–water partition coefficient (Wildman–Crippen LogP) is 5.65. The molecule has 6 heteroatoms. The number of phenolic OH excluding ortho intramolecular Hbond substituents is 1. The van der Waals surface area contributed by atoms with Gasteiger partial charge in [-0.1, -0.05) is 76.2 Å². The van der Waals surface area contributed by atoms with Crippen LogP contribution in [0.15, 0.2) is 72.8 Å². The van der Waals surface area contributed by atoms with Crippen molar-refractivity contribution in [1.29, 1.82) is 0 Å². The van der Waals surface area contributed by atoms with Crippen LogP contribution in [0.25, 0.3) is 0 Å². The lowest BCUT2D eigenvalue weighted by Gasteiger charge is -2.29. The molecule has 2 aliphatic rings. The second-order valence-electron chi connectivity index (χ2n) is 11.4. The molecule has 3 N–H and O–H groups in total. The van der Waals surface area contributed by atoms with Crippen LogP contribution in [0, 0.1) is 0 Å². The number of hydrogen-bond acceptors (Lipinski definition) is 6. The second-order valence-corrected chi connectivity index (χ2v) is 11.4. The summed E-state index contributed by atoms with van der Waals surface area (Å²) in [6.07, 6.45) is 0.425. The van der Waals surface area contributed by atoms with E-state index in [0.29, 0.717) is 11.9 Å². The summed E-state index contributed by atoms with van der Waals surface area (Å²) < 4.78 is 15.5. The Morgan fingerprint density at radius 2 is 1.10 bits per heavy atom. The lowest BCUT2D eigenvalue weighted by atomic mass is 9.74. The highest BCUT2D eigenvalue weighted by Crippen LogP contribution is 2.36. The minimum Gasteiger partial charge on any atom is -0.508 e. The first kappa shape index (κ1) is 31.6. The maximum atomic E-state index is 9.55. The first-order valence-corrected chi connectivity index (χ1v) is 14.3. The van der Waals surface area contributed by atoms with Gasteiger partial charge < -0.3 is 30.0 Å². The molecule has 2 saturated heterocycles. The van der Waals surface area contributed by atoms with Crippen LogP contribution < -0.4 is 15.4 Å². The summed E-state index contributed by atoms with van der Waals surface area (Å²) in [5.74, 6) is 1.17. The number of hydrogen-bond donors (Lipinski definition) is 3. The van der Waals surface area contributed by atoms with Crippen molar-refractivity contribution in [2.75, 3.05) is 53.1 Å². The Kier molecular flexibility index (Phi) is 12.0. The van der Waals surface area contributed by atoms with E-state index in [9.17, 15) is 5.11 Å². The molecular formula is C34H48N2O4. The van der Waals surface area contributed by atoms with Gasteiger partial charge in [0.15, 0.2) is 0 Å². The fourth-order valence-electron chi connectivity index (χ4n) is 4.73. The van der Waals surface area contributed by atoms with E-state index >= 15 is 0 Å². The van der Waals surface area contributed by atoms with E-state index in [0.717, 1.165) is 51.7 Å². The van der Waals surface area contributed by atoms with Crippen LogP contribution in [0.3, 0.4) is 0 Å². The molecule has 3 aromatic rings. The van der Waals surface area contributed by atoms with Gasteiger partial charge in [-0.2, -0.15) is 0 Å². The fourth-order valence-corrected chi connectivity index (χ4v) is 4.73. The van der Waals surface area contributed by atoms with E-state index < -0.39 is 0 Å². The largest absolute Gasteiger partial charge is 0.508 e. The van der Waals surface area contributed by atoms with Gasteiger partial charge in [-0.15, -0.1) is 0 Å². The molecule has 1 atom stereocenters. The van der Waals surface area contributed by atoms with Crippen molar-refractivity contribution in [2.24, 2.45) is 0 Å². The molecule has 0 aromatic heterocycles. The van der Waals surface area contributed by atoms with Gasteiger partial charge in [0.25, 0.3) is 0 Å². The number of aromatic hydroxyl groups is 1. The zero-order valence-electron chi connectivity index (χ0n) is 25.1. The van der Waals surface area contributed by atoms with Crippen LogP contribution in [0.5, 0.6) is 11.5 Å². The van der Waals surface area contributed by atoms with Gasteiger partial charge in [-0.25, -0.2) is 0 Å². The Labute approximate surface area is 241 Å². The van der Waals surface area contributed by atoms with Gasteiger partial charge in [-0.3, -0.25) is 0 Å². The Hall–Kier alpha value is -2.90. The molecule has 0 saturated carbocycles. The molecule has 0 radical (unpaired) electrons. The Morgan fingerprint density at radius 3 is 1.40 bits per heavy atom. The molecule has 218 valence electrons. The van der Waals surface area contributed by atoms with Crippen LogP contribution in [0.2, 0.25) is 0 Å². The number of rotatable bonds is 5. The van der Waals surface area contributed by atoms with Crippen molar-refractivity contribution >= 4 is 0 Å². The van der Waals surface area contributed by atoms with E-state index in [1.54, 1.807) is 19.2 Å². The highest BCUT2D eigenvalue weighted by atomic mass is 16.5. The average molecular weight is 549 g/mol. The molecule has 0 amide bonds. The summed E-state index contributed by atoms with van der Waals surface area (Å²) in [6.45, 7) is 17.7. The SMILES string of the molecule is C1COCCN1.COc1ccc(C(C)(C)c2ccc(C(C)(C)c3ccc(O)cc3)cc2)cc1.C[C@@H]1CNCCO1. The zero-order chi connectivity index (χ0) is 29.0. The van der Waals surface area contributed by atoms with Crippen LogP contribution >= 0.6 is 0 Å². The summed E-state index contributed by atoms with van der Waals surface area (Å²) in [5, 5.41) is 15.9. The lowest BCUT2D eigenvalue weighted by molar-refractivity contribution is 0.0410. The highest BCUT2D eigenvalue weighted by molar-refractivity contribution is 5.44. The van der Waals surface area contributed by atoms with E-state index in [-0.39, 0.29) is 10.8 Å². The normalized spacial score (nSPS) is 17.5. The molecule has 0 unspecified atom stereocenters. The van der Waals surface area contributed by atoms with Gasteiger partial charge in [0.1, 0.15) is 11.5 Å². The summed E-state index contributed by atoms with van der Waals surface area (Å²) >= 11 is 0. The van der Waals surface area contributed by atoms with Crippen LogP contribution in [0.1, 0.15) is 56.9 Å². The Balaban J connectivity index is 0.000000275. The number of methoxy groups -OCH3 is 1. The summed E-state index contributed by atoms with van der Waals surface area (Å²) in [5.41, 5.74) is 4.75. The third-order valence-electron chi connectivity index (χ3n) is 7.69. The van der Waals surface area contributed by atoms with Crippen molar-refractivity contribution in [1.82, 2.24) is 10.6 Å². The lowest BCUT2D eigenvalue weighted by Crippen LogP contribution is -2.36. The molecule has 6 nitrogen and oxygen atoms in total. The maximum Gasteiger partial charge on any atom is 0.118 e. The molecule has 0 bridgehead atoms. The average Bonchev–Trinajstić information content (AvgIpc) is 2.99. The molecular weight excluding hydrogens is 500 g/mol. The molecule has 2 heterocycles. The second kappa shape index (κ2) is 15.2. The van der Waals surface area contributed by atoms with E-state index in [1.807, 2.05) is 24.3 Å². The number of phenols is 1. The van der Waals surface area contributed by atoms with Gasteiger partial charge in [0, 0.05) is 37.0 Å². The quantitative estimate of drug-likeness (QED) is 0.383. The van der Waals surface area contributed by atoms with Crippen molar-refractivity contribution in [2.45, 2.75) is 51.6 Å². The summed E-state index contributed by atoms with van der Waals surface area (Å²) in [6, 6.07) is 24.6. The molecule has 0 aliphatic carbocycles. The van der Waals surface area contributed by atoms with E-state index in [4.69, 9.17) is 14.2 Å². The van der Waals surface area contributed by atoms with Crippen LogP contribution in [-0.4, -0.2) is 64.3 Å². The van der Waals surface area contributed by atoms with Gasteiger partial charge in [0.2, 0.25) is 0 Å². The molecule has 2 fully saturated rings.